The summed E-state index contributed by atoms with van der Waals surface area (Å²) < 4.78 is 27.8. The van der Waals surface area contributed by atoms with Crippen molar-refractivity contribution in [3.63, 3.8) is 0 Å². The normalized spacial score (nSPS) is 16.0. The minimum Gasteiger partial charge on any atom is -0.367 e. The average molecular weight is 406 g/mol. The summed E-state index contributed by atoms with van der Waals surface area (Å²) in [6.45, 7) is 6.79. The maximum atomic E-state index is 12.6. The largest absolute Gasteiger partial charge is 0.367 e. The smallest absolute Gasteiger partial charge is 0.255 e. The summed E-state index contributed by atoms with van der Waals surface area (Å²) in [5, 5.41) is 1.68. The molecule has 27 heavy (non-hydrogen) atoms. The molecule has 7 heteroatoms. The highest BCUT2D eigenvalue weighted by atomic mass is 35.5. The van der Waals surface area contributed by atoms with Crippen LogP contribution in [-0.2, 0) is 10.0 Å². The van der Waals surface area contributed by atoms with E-state index in [0.717, 1.165) is 44.0 Å². The molecule has 0 unspecified atom stereocenters. The van der Waals surface area contributed by atoms with Crippen LogP contribution in [0.1, 0.15) is 12.5 Å². The van der Waals surface area contributed by atoms with Crippen LogP contribution in [0.2, 0.25) is 5.02 Å². The monoisotopic (exact) mass is 405 g/mol. The summed E-state index contributed by atoms with van der Waals surface area (Å²) in [6.07, 6.45) is 1.58. The third-order valence-electron chi connectivity index (χ3n) is 4.61. The second kappa shape index (κ2) is 8.78. The lowest BCUT2D eigenvalue weighted by molar-refractivity contribution is 0.271. The number of anilines is 2. The molecule has 0 aromatic heterocycles. The Kier molecular flexibility index (Phi) is 6.42. The minimum atomic E-state index is -3.65. The zero-order valence-corrected chi connectivity index (χ0v) is 16.9. The fourth-order valence-electron chi connectivity index (χ4n) is 3.09. The van der Waals surface area contributed by atoms with Crippen LogP contribution in [0.25, 0.3) is 6.08 Å². The number of hydrogen-bond acceptors (Lipinski definition) is 4. The lowest BCUT2D eigenvalue weighted by Crippen LogP contribution is -2.46. The molecule has 0 radical (unpaired) electrons. The van der Waals surface area contributed by atoms with Gasteiger partial charge in [-0.05, 0) is 36.4 Å². The lowest BCUT2D eigenvalue weighted by atomic mass is 10.2. The Bertz CT molecular complexity index is 893. The molecule has 0 amide bonds. The van der Waals surface area contributed by atoms with Crippen molar-refractivity contribution in [1.29, 1.82) is 0 Å². The number of likely N-dealkylation sites (N-methyl/N-ethyl adjacent to an activating group) is 1. The summed E-state index contributed by atoms with van der Waals surface area (Å²) in [5.74, 6) is 0. The van der Waals surface area contributed by atoms with E-state index in [4.69, 9.17) is 11.6 Å². The van der Waals surface area contributed by atoms with Gasteiger partial charge in [0, 0.05) is 31.2 Å². The molecule has 1 saturated heterocycles. The molecule has 1 aliphatic rings. The summed E-state index contributed by atoms with van der Waals surface area (Å²) in [7, 11) is -3.65. The highest BCUT2D eigenvalue weighted by Crippen LogP contribution is 2.31. The molecule has 2 aromatic rings. The number of hydrogen-bond donors (Lipinski definition) is 1. The number of nitrogens with zero attached hydrogens (tertiary/aromatic N) is 2. The molecule has 2 aromatic carbocycles. The molecule has 5 nitrogen and oxygen atoms in total. The summed E-state index contributed by atoms with van der Waals surface area (Å²) in [6, 6.07) is 14.7. The van der Waals surface area contributed by atoms with Gasteiger partial charge in [0.2, 0.25) is 0 Å². The number of sulfonamides is 1. The Morgan fingerprint density at radius 1 is 1.07 bits per heavy atom. The maximum absolute atomic E-state index is 12.6. The first-order valence-corrected chi connectivity index (χ1v) is 10.9. The molecular formula is C20H24ClN3O2S. The third kappa shape index (κ3) is 5.48. The summed E-state index contributed by atoms with van der Waals surface area (Å²) >= 11 is 6.12. The Morgan fingerprint density at radius 2 is 1.78 bits per heavy atom. The number of nitrogens with one attached hydrogen (secondary N) is 1. The molecule has 144 valence electrons. The number of rotatable bonds is 6. The van der Waals surface area contributed by atoms with Crippen molar-refractivity contribution in [3.8, 4) is 0 Å². The summed E-state index contributed by atoms with van der Waals surface area (Å²) in [4.78, 5) is 4.57. The topological polar surface area (TPSA) is 52.6 Å². The van der Waals surface area contributed by atoms with Crippen LogP contribution in [0.15, 0.2) is 53.9 Å². The SMILES string of the molecule is CCN1CCN(c2ccc(Cl)cc2NS(=O)(=O)/C=C/c2ccccc2)CC1. The molecule has 0 saturated carbocycles. The van der Waals surface area contributed by atoms with Crippen molar-refractivity contribution in [2.24, 2.45) is 0 Å². The first-order valence-electron chi connectivity index (χ1n) is 8.99. The summed E-state index contributed by atoms with van der Waals surface area (Å²) in [5.41, 5.74) is 2.18. The van der Waals surface area contributed by atoms with E-state index in [-0.39, 0.29) is 0 Å². The van der Waals surface area contributed by atoms with Gasteiger partial charge < -0.3 is 9.80 Å². The molecule has 0 bridgehead atoms. The van der Waals surface area contributed by atoms with Crippen molar-refractivity contribution in [3.05, 3.63) is 64.5 Å². The van der Waals surface area contributed by atoms with Gasteiger partial charge in [-0.1, -0.05) is 48.9 Å². The van der Waals surface area contributed by atoms with Crippen molar-refractivity contribution in [2.75, 3.05) is 42.3 Å². The van der Waals surface area contributed by atoms with Crippen LogP contribution in [0, 0.1) is 0 Å². The predicted octanol–water partition coefficient (Wildman–Crippen LogP) is 3.89. The van der Waals surface area contributed by atoms with Crippen LogP contribution in [0.5, 0.6) is 0 Å². The molecule has 0 atom stereocenters. The van der Waals surface area contributed by atoms with Gasteiger partial charge in [-0.25, -0.2) is 8.42 Å². The van der Waals surface area contributed by atoms with Gasteiger partial charge in [-0.15, -0.1) is 0 Å². The number of piperazine rings is 1. The second-order valence-corrected chi connectivity index (χ2v) is 8.45. The molecule has 1 aliphatic heterocycles. The van der Waals surface area contributed by atoms with E-state index in [2.05, 4.69) is 21.4 Å². The van der Waals surface area contributed by atoms with Crippen LogP contribution in [-0.4, -0.2) is 46.0 Å². The predicted molar refractivity (Wildman–Crippen MR) is 114 cm³/mol. The van der Waals surface area contributed by atoms with Gasteiger partial charge in [0.1, 0.15) is 0 Å². The van der Waals surface area contributed by atoms with E-state index in [1.54, 1.807) is 18.2 Å². The standard InChI is InChI=1S/C20H24ClN3O2S/c1-2-23-11-13-24(14-12-23)20-9-8-18(21)16-19(20)22-27(25,26)15-10-17-6-4-3-5-7-17/h3-10,15-16,22H,2,11-14H2,1H3/b15-10+. The molecule has 1 N–H and O–H groups in total. The van der Waals surface area contributed by atoms with Gasteiger partial charge >= 0.3 is 0 Å². The highest BCUT2D eigenvalue weighted by Gasteiger charge is 2.20. The molecule has 0 spiro atoms. The Balaban J connectivity index is 1.79. The minimum absolute atomic E-state index is 0.496. The van der Waals surface area contributed by atoms with Crippen molar-refractivity contribution >= 4 is 39.1 Å². The fraction of sp³-hybridized carbons (Fsp3) is 0.300. The van der Waals surface area contributed by atoms with E-state index in [9.17, 15) is 8.42 Å². The van der Waals surface area contributed by atoms with Gasteiger partial charge in [0.05, 0.1) is 16.8 Å². The quantitative estimate of drug-likeness (QED) is 0.792. The first kappa shape index (κ1) is 19.7. The van der Waals surface area contributed by atoms with Crippen LogP contribution in [0.3, 0.4) is 0 Å². The lowest BCUT2D eigenvalue weighted by Gasteiger charge is -2.36. The third-order valence-corrected chi connectivity index (χ3v) is 5.84. The molecular weight excluding hydrogens is 382 g/mol. The Morgan fingerprint density at radius 3 is 2.44 bits per heavy atom. The molecule has 1 fully saturated rings. The van der Waals surface area contributed by atoms with Crippen molar-refractivity contribution in [1.82, 2.24) is 4.90 Å². The van der Waals surface area contributed by atoms with Gasteiger partial charge in [0.15, 0.2) is 0 Å². The van der Waals surface area contributed by atoms with Crippen molar-refractivity contribution < 1.29 is 8.42 Å². The number of benzene rings is 2. The maximum Gasteiger partial charge on any atom is 0.255 e. The van der Waals surface area contributed by atoms with Crippen LogP contribution < -0.4 is 9.62 Å². The molecule has 0 aliphatic carbocycles. The van der Waals surface area contributed by atoms with Crippen LogP contribution >= 0.6 is 11.6 Å². The molecule has 3 rings (SSSR count). The average Bonchev–Trinajstić information content (AvgIpc) is 2.67. The van der Waals surface area contributed by atoms with Gasteiger partial charge in [-0.2, -0.15) is 0 Å². The highest BCUT2D eigenvalue weighted by molar-refractivity contribution is 7.95. The van der Waals surface area contributed by atoms with E-state index in [1.165, 1.54) is 5.41 Å². The van der Waals surface area contributed by atoms with E-state index >= 15 is 0 Å². The van der Waals surface area contributed by atoms with E-state index in [0.29, 0.717) is 10.7 Å². The van der Waals surface area contributed by atoms with Crippen LogP contribution in [0.4, 0.5) is 11.4 Å². The molecule has 1 heterocycles. The Labute approximate surface area is 166 Å². The second-order valence-electron chi connectivity index (χ2n) is 6.44. The zero-order chi connectivity index (χ0) is 19.3. The van der Waals surface area contributed by atoms with E-state index in [1.807, 2.05) is 36.4 Å². The van der Waals surface area contributed by atoms with Crippen molar-refractivity contribution in [2.45, 2.75) is 6.92 Å². The van der Waals surface area contributed by atoms with Gasteiger partial charge in [-0.3, -0.25) is 4.72 Å². The van der Waals surface area contributed by atoms with E-state index < -0.39 is 10.0 Å². The number of halogens is 1. The Hall–Kier alpha value is -2.02. The first-order chi connectivity index (χ1) is 13.0. The fourth-order valence-corrected chi connectivity index (χ4v) is 4.14. The zero-order valence-electron chi connectivity index (χ0n) is 15.3. The van der Waals surface area contributed by atoms with Gasteiger partial charge in [0.25, 0.3) is 10.0 Å².